The molecule has 0 saturated carbocycles. The van der Waals surface area contributed by atoms with Crippen molar-refractivity contribution in [1.29, 1.82) is 0 Å². The molecule has 54 valence electrons. The Kier molecular flexibility index (Phi) is 1.34. The number of ether oxygens (including phenoxy) is 1. The summed E-state index contributed by atoms with van der Waals surface area (Å²) in [6.07, 6.45) is 5.04. The smallest absolute Gasteiger partial charge is 0.316 e. The van der Waals surface area contributed by atoms with Crippen molar-refractivity contribution >= 4 is 21.9 Å². The van der Waals surface area contributed by atoms with Gasteiger partial charge in [0.25, 0.3) is 0 Å². The zero-order valence-electron chi connectivity index (χ0n) is 5.29. The fraction of sp³-hybridized carbons (Fsp3) is 0.571. The third-order valence-electron chi connectivity index (χ3n) is 1.94. The molecule has 10 heavy (non-hydrogen) atoms. The number of fused-ring (bicyclic) bond motifs is 1. The number of hydrogen-bond donors (Lipinski definition) is 0. The normalized spacial score (nSPS) is 43.7. The molecule has 0 aromatic rings. The first kappa shape index (κ1) is 6.40. The Morgan fingerprint density at radius 1 is 1.70 bits per heavy atom. The Hall–Kier alpha value is -0.310. The fourth-order valence-electron chi connectivity index (χ4n) is 1.32. The van der Waals surface area contributed by atoms with Gasteiger partial charge in [-0.25, -0.2) is 0 Å². The van der Waals surface area contributed by atoms with E-state index in [-0.39, 0.29) is 18.0 Å². The molecule has 0 aromatic carbocycles. The Morgan fingerprint density at radius 2 is 2.50 bits per heavy atom. The zero-order chi connectivity index (χ0) is 7.14. The minimum absolute atomic E-state index is 0.0399. The summed E-state index contributed by atoms with van der Waals surface area (Å²) in [5.74, 6) is -0.0384. The van der Waals surface area contributed by atoms with E-state index in [0.29, 0.717) is 4.83 Å². The van der Waals surface area contributed by atoms with Crippen molar-refractivity contribution in [3.63, 3.8) is 0 Å². The second kappa shape index (κ2) is 2.09. The molecule has 0 spiro atoms. The summed E-state index contributed by atoms with van der Waals surface area (Å²) in [6, 6.07) is 0. The van der Waals surface area contributed by atoms with Crippen LogP contribution in [0.3, 0.4) is 0 Å². The molecule has 1 aliphatic carbocycles. The Balaban J connectivity index is 2.18. The van der Waals surface area contributed by atoms with Gasteiger partial charge in [0.15, 0.2) is 0 Å². The fourth-order valence-corrected chi connectivity index (χ4v) is 1.98. The lowest BCUT2D eigenvalue weighted by atomic mass is 9.88. The monoisotopic (exact) mass is 202 g/mol. The number of hydrogen-bond acceptors (Lipinski definition) is 2. The third kappa shape index (κ3) is 0.732. The molecule has 1 heterocycles. The lowest BCUT2D eigenvalue weighted by Gasteiger charge is -2.38. The van der Waals surface area contributed by atoms with E-state index in [2.05, 4.69) is 15.9 Å². The van der Waals surface area contributed by atoms with E-state index in [1.165, 1.54) is 0 Å². The number of carbonyl (C=O) groups excluding carboxylic acids is 1. The third-order valence-corrected chi connectivity index (χ3v) is 2.83. The maximum absolute atomic E-state index is 10.7. The number of halogens is 1. The maximum Gasteiger partial charge on any atom is 0.316 e. The summed E-state index contributed by atoms with van der Waals surface area (Å²) >= 11 is 3.44. The van der Waals surface area contributed by atoms with Crippen molar-refractivity contribution in [1.82, 2.24) is 0 Å². The van der Waals surface area contributed by atoms with E-state index < -0.39 is 0 Å². The molecular formula is C7H7BrO2. The molecule has 3 atom stereocenters. The molecule has 0 amide bonds. The molecule has 2 aliphatic rings. The SMILES string of the molecule is O=C1O[C@H]2[C@H](Br)CC=C[C@@H]12. The van der Waals surface area contributed by atoms with Crippen LogP contribution in [0.1, 0.15) is 6.42 Å². The van der Waals surface area contributed by atoms with E-state index in [1.54, 1.807) is 0 Å². The van der Waals surface area contributed by atoms with E-state index in [0.717, 1.165) is 6.42 Å². The topological polar surface area (TPSA) is 26.3 Å². The van der Waals surface area contributed by atoms with Gasteiger partial charge in [-0.15, -0.1) is 0 Å². The molecule has 1 fully saturated rings. The summed E-state index contributed by atoms with van der Waals surface area (Å²) in [7, 11) is 0. The van der Waals surface area contributed by atoms with Crippen LogP contribution in [0.15, 0.2) is 12.2 Å². The first-order valence-electron chi connectivity index (χ1n) is 3.30. The van der Waals surface area contributed by atoms with E-state index >= 15 is 0 Å². The number of carbonyl (C=O) groups is 1. The Morgan fingerprint density at radius 3 is 3.10 bits per heavy atom. The minimum Gasteiger partial charge on any atom is -0.459 e. The van der Waals surface area contributed by atoms with Gasteiger partial charge >= 0.3 is 5.97 Å². The molecule has 0 N–H and O–H groups in total. The van der Waals surface area contributed by atoms with Gasteiger partial charge in [0.2, 0.25) is 0 Å². The minimum atomic E-state index is -0.0783. The highest BCUT2D eigenvalue weighted by Crippen LogP contribution is 2.35. The molecular weight excluding hydrogens is 196 g/mol. The van der Waals surface area contributed by atoms with Gasteiger partial charge in [-0.05, 0) is 6.42 Å². The Labute approximate surface area is 67.4 Å². The molecule has 0 aromatic heterocycles. The van der Waals surface area contributed by atoms with Crippen LogP contribution in [0.4, 0.5) is 0 Å². The summed E-state index contributed by atoms with van der Waals surface area (Å²) in [5, 5.41) is 0. The van der Waals surface area contributed by atoms with Gasteiger partial charge < -0.3 is 4.74 Å². The van der Waals surface area contributed by atoms with Gasteiger partial charge in [0, 0.05) is 0 Å². The van der Waals surface area contributed by atoms with E-state index in [1.807, 2.05) is 12.2 Å². The van der Waals surface area contributed by atoms with Gasteiger partial charge in [0.05, 0.1) is 4.83 Å². The van der Waals surface area contributed by atoms with Gasteiger partial charge in [-0.3, -0.25) is 4.79 Å². The van der Waals surface area contributed by atoms with Crippen LogP contribution in [0, 0.1) is 5.92 Å². The number of alkyl halides is 1. The average molecular weight is 203 g/mol. The van der Waals surface area contributed by atoms with Crippen LogP contribution in [0.5, 0.6) is 0 Å². The van der Waals surface area contributed by atoms with Crippen molar-refractivity contribution in [3.05, 3.63) is 12.2 Å². The molecule has 1 aliphatic heterocycles. The van der Waals surface area contributed by atoms with Crippen molar-refractivity contribution in [2.45, 2.75) is 17.4 Å². The second-order valence-electron chi connectivity index (χ2n) is 2.61. The highest BCUT2D eigenvalue weighted by Gasteiger charge is 2.45. The van der Waals surface area contributed by atoms with Crippen molar-refractivity contribution < 1.29 is 9.53 Å². The predicted octanol–water partition coefficient (Wildman–Crippen LogP) is 1.25. The quantitative estimate of drug-likeness (QED) is 0.336. The molecule has 2 rings (SSSR count). The van der Waals surface area contributed by atoms with E-state index in [9.17, 15) is 4.79 Å². The second-order valence-corrected chi connectivity index (χ2v) is 3.78. The molecule has 0 radical (unpaired) electrons. The lowest BCUT2D eigenvalue weighted by Crippen LogP contribution is -2.50. The maximum atomic E-state index is 10.7. The van der Waals surface area contributed by atoms with E-state index in [4.69, 9.17) is 4.74 Å². The molecule has 1 saturated heterocycles. The van der Waals surface area contributed by atoms with Crippen molar-refractivity contribution in [2.24, 2.45) is 5.92 Å². The first-order chi connectivity index (χ1) is 4.79. The summed E-state index contributed by atoms with van der Waals surface area (Å²) in [4.78, 5) is 11.0. The zero-order valence-corrected chi connectivity index (χ0v) is 6.87. The van der Waals surface area contributed by atoms with Crippen molar-refractivity contribution in [2.75, 3.05) is 0 Å². The highest BCUT2D eigenvalue weighted by atomic mass is 79.9. The lowest BCUT2D eigenvalue weighted by molar-refractivity contribution is -0.179. The predicted molar refractivity (Wildman–Crippen MR) is 39.8 cm³/mol. The van der Waals surface area contributed by atoms with Crippen LogP contribution in [0.2, 0.25) is 0 Å². The first-order valence-corrected chi connectivity index (χ1v) is 4.22. The largest absolute Gasteiger partial charge is 0.459 e. The van der Waals surface area contributed by atoms with Crippen LogP contribution < -0.4 is 0 Å². The summed E-state index contributed by atoms with van der Waals surface area (Å²) in [6.45, 7) is 0. The van der Waals surface area contributed by atoms with Gasteiger partial charge in [0.1, 0.15) is 12.0 Å². The average Bonchev–Trinajstić information content (AvgIpc) is 1.91. The molecule has 2 nitrogen and oxygen atoms in total. The Bertz CT molecular complexity index is 200. The number of rotatable bonds is 0. The molecule has 0 bridgehead atoms. The highest BCUT2D eigenvalue weighted by molar-refractivity contribution is 9.09. The molecule has 0 unspecified atom stereocenters. The number of allylic oxidation sites excluding steroid dienone is 1. The van der Waals surface area contributed by atoms with Crippen LogP contribution in [-0.4, -0.2) is 16.9 Å². The summed E-state index contributed by atoms with van der Waals surface area (Å²) in [5.41, 5.74) is 0. The standard InChI is InChI=1S/C7H7BrO2/c8-5-3-1-2-4-6(5)10-7(4)9/h1-2,4-6H,3H2/t4-,5-,6-/m1/s1. The van der Waals surface area contributed by atoms with Crippen LogP contribution >= 0.6 is 15.9 Å². The molecule has 3 heteroatoms. The van der Waals surface area contributed by atoms with Crippen LogP contribution in [-0.2, 0) is 9.53 Å². The summed E-state index contributed by atoms with van der Waals surface area (Å²) < 4.78 is 4.92. The number of esters is 1. The van der Waals surface area contributed by atoms with Crippen molar-refractivity contribution in [3.8, 4) is 0 Å². The van der Waals surface area contributed by atoms with Gasteiger partial charge in [-0.1, -0.05) is 28.1 Å². The van der Waals surface area contributed by atoms with Gasteiger partial charge in [-0.2, -0.15) is 0 Å². The van der Waals surface area contributed by atoms with Crippen LogP contribution in [0.25, 0.3) is 0 Å².